The molecular weight excluding hydrogens is 695 g/mol. The second kappa shape index (κ2) is 38.1. The highest BCUT2D eigenvalue weighted by molar-refractivity contribution is 5.76. The molecule has 0 amide bonds. The summed E-state index contributed by atoms with van der Waals surface area (Å²) < 4.78 is 11.9. The molecule has 0 aromatic carbocycles. The Balaban J connectivity index is 4.48. The van der Waals surface area contributed by atoms with Crippen molar-refractivity contribution in [3.8, 4) is 0 Å². The first-order valence-electron chi connectivity index (χ1n) is 24.8. The minimum Gasteiger partial charge on any atom is -0.465 e. The fourth-order valence-electron chi connectivity index (χ4n) is 7.80. The third kappa shape index (κ3) is 32.8. The minimum absolute atomic E-state index is 0.0109. The van der Waals surface area contributed by atoms with Crippen LogP contribution in [0.15, 0.2) is 0 Å². The summed E-state index contributed by atoms with van der Waals surface area (Å²) in [6.45, 7) is 19.1. The molecule has 56 heavy (non-hydrogen) atoms. The van der Waals surface area contributed by atoms with E-state index in [1.54, 1.807) is 0 Å². The molecule has 0 rings (SSSR count). The molecule has 0 aromatic rings. The van der Waals surface area contributed by atoms with E-state index < -0.39 is 10.8 Å². The van der Waals surface area contributed by atoms with E-state index in [4.69, 9.17) is 9.47 Å². The number of rotatable bonds is 43. The smallest absolute Gasteiger partial charge is 0.311 e. The van der Waals surface area contributed by atoms with Crippen molar-refractivity contribution in [2.45, 2.75) is 266 Å². The van der Waals surface area contributed by atoms with Crippen LogP contribution in [0.4, 0.5) is 0 Å². The Morgan fingerprint density at radius 2 is 0.821 bits per heavy atom. The summed E-state index contributed by atoms with van der Waals surface area (Å²) in [6.07, 6.45) is 38.9. The number of hydrogen-bond acceptors (Lipinski definition) is 6. The molecule has 0 saturated heterocycles. The van der Waals surface area contributed by atoms with E-state index in [0.717, 1.165) is 96.7 Å². The normalized spacial score (nSPS) is 12.2. The maximum atomic E-state index is 13.4. The molecule has 0 aliphatic rings. The van der Waals surface area contributed by atoms with Crippen LogP contribution in [-0.2, 0) is 19.1 Å². The number of ether oxygens (including phenoxy) is 2. The van der Waals surface area contributed by atoms with Gasteiger partial charge in [-0.15, -0.1) is 0 Å². The van der Waals surface area contributed by atoms with Crippen LogP contribution in [0.5, 0.6) is 0 Å². The van der Waals surface area contributed by atoms with Gasteiger partial charge < -0.3 is 19.5 Å². The number of aliphatic hydroxyl groups is 1. The summed E-state index contributed by atoms with van der Waals surface area (Å²) in [4.78, 5) is 28.7. The van der Waals surface area contributed by atoms with Crippen LogP contribution in [0, 0.1) is 10.8 Å². The summed E-state index contributed by atoms with van der Waals surface area (Å²) in [7, 11) is 0. The van der Waals surface area contributed by atoms with Crippen molar-refractivity contribution in [1.29, 1.82) is 0 Å². The lowest BCUT2D eigenvalue weighted by Gasteiger charge is -2.27. The molecule has 0 atom stereocenters. The van der Waals surface area contributed by atoms with Crippen molar-refractivity contribution in [3.63, 3.8) is 0 Å². The summed E-state index contributed by atoms with van der Waals surface area (Å²) in [5, 5.41) is 9.36. The second-order valence-corrected chi connectivity index (χ2v) is 18.8. The molecule has 0 aliphatic heterocycles. The fraction of sp³-hybridized carbons (Fsp3) is 0.960. The van der Waals surface area contributed by atoms with Gasteiger partial charge in [-0.3, -0.25) is 9.59 Å². The predicted molar refractivity (Wildman–Crippen MR) is 241 cm³/mol. The van der Waals surface area contributed by atoms with Crippen molar-refractivity contribution in [2.75, 3.05) is 32.8 Å². The lowest BCUT2D eigenvalue weighted by molar-refractivity contribution is -0.161. The van der Waals surface area contributed by atoms with Crippen LogP contribution in [0.25, 0.3) is 0 Å². The number of carbonyl (C=O) groups excluding carboxylic acids is 2. The Morgan fingerprint density at radius 1 is 0.464 bits per heavy atom. The van der Waals surface area contributed by atoms with Gasteiger partial charge in [0.1, 0.15) is 6.10 Å². The molecule has 0 fully saturated rings. The summed E-state index contributed by atoms with van der Waals surface area (Å²) in [5.74, 6) is -0.0231. The zero-order valence-electron chi connectivity index (χ0n) is 39.0. The largest absolute Gasteiger partial charge is 0.465 e. The highest BCUT2D eigenvalue weighted by Crippen LogP contribution is 2.29. The van der Waals surface area contributed by atoms with E-state index in [2.05, 4.69) is 39.5 Å². The van der Waals surface area contributed by atoms with Crippen molar-refractivity contribution in [2.24, 2.45) is 10.8 Å². The first-order chi connectivity index (χ1) is 27.0. The zero-order valence-corrected chi connectivity index (χ0v) is 39.0. The average Bonchev–Trinajstić information content (AvgIpc) is 3.17. The number of carbonyl (C=O) groups is 2. The quantitative estimate of drug-likeness (QED) is 0.0489. The molecule has 1 N–H and O–H groups in total. The van der Waals surface area contributed by atoms with Crippen molar-refractivity contribution in [1.82, 2.24) is 4.90 Å². The third-order valence-electron chi connectivity index (χ3n) is 12.1. The Labute approximate surface area is 350 Å². The van der Waals surface area contributed by atoms with E-state index in [0.29, 0.717) is 6.61 Å². The van der Waals surface area contributed by atoms with Crippen molar-refractivity contribution < 1.29 is 24.2 Å². The number of unbranched alkanes of at least 4 members (excludes halogenated alkanes) is 23. The maximum absolute atomic E-state index is 13.4. The lowest BCUT2D eigenvalue weighted by Crippen LogP contribution is -2.31. The molecule has 0 saturated carbocycles. The van der Waals surface area contributed by atoms with Crippen LogP contribution in [-0.4, -0.2) is 60.9 Å². The van der Waals surface area contributed by atoms with Gasteiger partial charge in [0.15, 0.2) is 0 Å². The molecule has 334 valence electrons. The summed E-state index contributed by atoms with van der Waals surface area (Å²) in [5.41, 5.74) is -0.838. The number of aliphatic hydroxyl groups excluding tert-OH is 1. The zero-order chi connectivity index (χ0) is 41.6. The molecule has 0 unspecified atom stereocenters. The van der Waals surface area contributed by atoms with Crippen LogP contribution >= 0.6 is 0 Å². The van der Waals surface area contributed by atoms with Crippen LogP contribution < -0.4 is 0 Å². The summed E-state index contributed by atoms with van der Waals surface area (Å²) in [6, 6.07) is 0. The van der Waals surface area contributed by atoms with Crippen LogP contribution in [0.2, 0.25) is 0 Å². The molecule has 0 aliphatic carbocycles. The van der Waals surface area contributed by atoms with Gasteiger partial charge in [0.05, 0.1) is 17.4 Å². The van der Waals surface area contributed by atoms with Gasteiger partial charge in [0.2, 0.25) is 0 Å². The van der Waals surface area contributed by atoms with E-state index in [9.17, 15) is 14.7 Å². The Morgan fingerprint density at radius 3 is 1.27 bits per heavy atom. The van der Waals surface area contributed by atoms with Gasteiger partial charge in [0, 0.05) is 6.61 Å². The molecule has 0 heterocycles. The maximum Gasteiger partial charge on any atom is 0.311 e. The third-order valence-corrected chi connectivity index (χ3v) is 12.1. The first kappa shape index (κ1) is 54.9. The Kier molecular flexibility index (Phi) is 37.3. The van der Waals surface area contributed by atoms with E-state index in [1.807, 2.05) is 13.8 Å². The second-order valence-electron chi connectivity index (χ2n) is 18.8. The lowest BCUT2D eigenvalue weighted by atomic mass is 9.86. The molecule has 6 heteroatoms. The van der Waals surface area contributed by atoms with Gasteiger partial charge in [-0.2, -0.15) is 0 Å². The standard InChI is InChI=1S/C50H99NO5/c1-8-11-14-17-20-27-36-45-55-47(53)49(4,5)39-30-23-25-32-41-51(43-34-35-44-52)42-33-26-24-31-40-50(6,7)48(54)56-46(37-28-21-18-15-12-9-2)38-29-22-19-16-13-10-3/h46,52H,8-45H2,1-7H3. The molecule has 0 aromatic heterocycles. The Bertz CT molecular complexity index is 858. The minimum atomic E-state index is -0.431. The van der Waals surface area contributed by atoms with Crippen LogP contribution in [0.3, 0.4) is 0 Å². The highest BCUT2D eigenvalue weighted by atomic mass is 16.5. The molecule has 6 nitrogen and oxygen atoms in total. The molecule has 0 radical (unpaired) electrons. The average molecular weight is 794 g/mol. The van der Waals surface area contributed by atoms with Gasteiger partial charge in [-0.1, -0.05) is 162 Å². The van der Waals surface area contributed by atoms with E-state index in [-0.39, 0.29) is 24.6 Å². The topological polar surface area (TPSA) is 76.1 Å². The molecule has 0 bridgehead atoms. The fourth-order valence-corrected chi connectivity index (χ4v) is 7.80. The van der Waals surface area contributed by atoms with E-state index in [1.165, 1.54) is 135 Å². The van der Waals surface area contributed by atoms with Gasteiger partial charge in [0.25, 0.3) is 0 Å². The molecule has 0 spiro atoms. The molecular formula is C50H99NO5. The Hall–Kier alpha value is -1.14. The van der Waals surface area contributed by atoms with Gasteiger partial charge in [-0.25, -0.2) is 0 Å². The van der Waals surface area contributed by atoms with Gasteiger partial charge in [-0.05, 0) is 118 Å². The predicted octanol–water partition coefficient (Wildman–Crippen LogP) is 14.7. The van der Waals surface area contributed by atoms with Crippen molar-refractivity contribution >= 4 is 11.9 Å². The number of esters is 2. The first-order valence-corrected chi connectivity index (χ1v) is 24.8. The van der Waals surface area contributed by atoms with Crippen LogP contribution in [0.1, 0.15) is 260 Å². The SMILES string of the molecule is CCCCCCCCCOC(=O)C(C)(C)CCCCCCN(CCCCO)CCCCCCC(C)(C)C(=O)OC(CCCCCCCC)CCCCCCCC. The summed E-state index contributed by atoms with van der Waals surface area (Å²) >= 11 is 0. The monoisotopic (exact) mass is 794 g/mol. The number of nitrogens with zero attached hydrogens (tertiary/aromatic N) is 1. The van der Waals surface area contributed by atoms with E-state index >= 15 is 0 Å². The van der Waals surface area contributed by atoms with Crippen molar-refractivity contribution in [3.05, 3.63) is 0 Å². The van der Waals surface area contributed by atoms with Gasteiger partial charge >= 0.3 is 11.9 Å². The number of hydrogen-bond donors (Lipinski definition) is 1. The highest BCUT2D eigenvalue weighted by Gasteiger charge is 2.31.